The zero-order valence-corrected chi connectivity index (χ0v) is 11.9. The number of Topliss-reactive ketones (excluding diaryl/α,β-unsaturated/α-hetero) is 1. The number of piperidine rings is 1. The first-order chi connectivity index (χ1) is 8.38. The van der Waals surface area contributed by atoms with Crippen LogP contribution in [0.2, 0.25) is 0 Å². The fourth-order valence-electron chi connectivity index (χ4n) is 2.54. The molecule has 1 aromatic rings. The molecule has 0 spiro atoms. The predicted octanol–water partition coefficient (Wildman–Crippen LogP) is 3.54. The van der Waals surface area contributed by atoms with Gasteiger partial charge in [-0.2, -0.15) is 0 Å². The van der Waals surface area contributed by atoms with Gasteiger partial charge in [-0.1, -0.05) is 32.9 Å². The van der Waals surface area contributed by atoms with E-state index in [1.807, 2.05) is 0 Å². The lowest BCUT2D eigenvalue weighted by Gasteiger charge is -2.35. The average molecular weight is 245 g/mol. The second-order valence-electron chi connectivity index (χ2n) is 6.33. The second-order valence-corrected chi connectivity index (χ2v) is 6.33. The largest absolute Gasteiger partial charge is 0.368 e. The molecule has 1 aliphatic heterocycles. The number of carbonyl (C=O) groups excluding carboxylic acids is 1. The molecule has 0 aliphatic carbocycles. The molecule has 0 amide bonds. The zero-order valence-electron chi connectivity index (χ0n) is 11.9. The Morgan fingerprint density at radius 1 is 1.17 bits per heavy atom. The first-order valence-corrected chi connectivity index (χ1v) is 6.77. The van der Waals surface area contributed by atoms with Crippen molar-refractivity contribution in [2.24, 2.45) is 0 Å². The summed E-state index contributed by atoms with van der Waals surface area (Å²) < 4.78 is 0. The maximum Gasteiger partial charge on any atom is 0.136 e. The standard InChI is InChI=1S/C16H23NO/c1-12-11-15(18)9-10-17(12)14-7-5-13(6-8-14)16(2,3)4/h5-8,12H,9-11H2,1-4H3. The van der Waals surface area contributed by atoms with Crippen molar-refractivity contribution in [2.45, 2.75) is 52.0 Å². The lowest BCUT2D eigenvalue weighted by atomic mass is 9.87. The molecule has 1 unspecified atom stereocenters. The minimum Gasteiger partial charge on any atom is -0.368 e. The molecular weight excluding hydrogens is 222 g/mol. The minimum absolute atomic E-state index is 0.196. The van der Waals surface area contributed by atoms with Crippen LogP contribution < -0.4 is 4.90 Å². The summed E-state index contributed by atoms with van der Waals surface area (Å²) in [5.74, 6) is 0.394. The summed E-state index contributed by atoms with van der Waals surface area (Å²) in [5.41, 5.74) is 2.79. The van der Waals surface area contributed by atoms with Gasteiger partial charge in [0.05, 0.1) is 0 Å². The van der Waals surface area contributed by atoms with Crippen molar-refractivity contribution in [1.82, 2.24) is 0 Å². The lowest BCUT2D eigenvalue weighted by Crippen LogP contribution is -2.41. The van der Waals surface area contributed by atoms with Gasteiger partial charge in [0, 0.05) is 31.1 Å². The topological polar surface area (TPSA) is 20.3 Å². The molecule has 2 rings (SSSR count). The van der Waals surface area contributed by atoms with Crippen LogP contribution in [0, 0.1) is 0 Å². The van der Waals surface area contributed by atoms with Gasteiger partial charge in [0.15, 0.2) is 0 Å². The van der Waals surface area contributed by atoms with Crippen molar-refractivity contribution >= 4 is 11.5 Å². The van der Waals surface area contributed by atoms with Crippen molar-refractivity contribution in [3.05, 3.63) is 29.8 Å². The molecule has 2 nitrogen and oxygen atoms in total. The van der Waals surface area contributed by atoms with Gasteiger partial charge in [-0.05, 0) is 30.0 Å². The van der Waals surface area contributed by atoms with Crippen molar-refractivity contribution in [3.63, 3.8) is 0 Å². The third kappa shape index (κ3) is 2.74. The highest BCUT2D eigenvalue weighted by Crippen LogP contribution is 2.27. The first-order valence-electron chi connectivity index (χ1n) is 6.77. The van der Waals surface area contributed by atoms with Crippen LogP contribution in [0.5, 0.6) is 0 Å². The van der Waals surface area contributed by atoms with Gasteiger partial charge < -0.3 is 4.90 Å². The van der Waals surface area contributed by atoms with Crippen LogP contribution in [0.4, 0.5) is 5.69 Å². The number of rotatable bonds is 1. The molecule has 98 valence electrons. The number of ketones is 1. The van der Waals surface area contributed by atoms with Gasteiger partial charge in [0.25, 0.3) is 0 Å². The summed E-state index contributed by atoms with van der Waals surface area (Å²) in [6.07, 6.45) is 1.37. The SMILES string of the molecule is CC1CC(=O)CCN1c1ccc(C(C)(C)C)cc1. The fraction of sp³-hybridized carbons (Fsp3) is 0.562. The summed E-state index contributed by atoms with van der Waals surface area (Å²) >= 11 is 0. The number of hydrogen-bond donors (Lipinski definition) is 0. The van der Waals surface area contributed by atoms with E-state index >= 15 is 0 Å². The Morgan fingerprint density at radius 3 is 2.28 bits per heavy atom. The van der Waals surface area contributed by atoms with Crippen molar-refractivity contribution in [1.29, 1.82) is 0 Å². The minimum atomic E-state index is 0.196. The maximum absolute atomic E-state index is 11.4. The molecule has 1 heterocycles. The van der Waals surface area contributed by atoms with Crippen LogP contribution >= 0.6 is 0 Å². The third-order valence-corrected chi connectivity index (χ3v) is 3.75. The van der Waals surface area contributed by atoms with E-state index in [0.717, 1.165) is 6.54 Å². The average Bonchev–Trinajstić information content (AvgIpc) is 2.28. The third-order valence-electron chi connectivity index (χ3n) is 3.75. The summed E-state index contributed by atoms with van der Waals surface area (Å²) in [5, 5.41) is 0. The molecule has 18 heavy (non-hydrogen) atoms. The first kappa shape index (κ1) is 13.1. The van der Waals surface area contributed by atoms with Crippen LogP contribution in [-0.2, 0) is 10.2 Å². The molecule has 2 heteroatoms. The molecule has 0 saturated carbocycles. The molecular formula is C16H23NO. The summed E-state index contributed by atoms with van der Waals surface area (Å²) in [6, 6.07) is 9.11. The molecule has 1 fully saturated rings. The Hall–Kier alpha value is -1.31. The van der Waals surface area contributed by atoms with Crippen molar-refractivity contribution < 1.29 is 4.79 Å². The monoisotopic (exact) mass is 245 g/mol. The van der Waals surface area contributed by atoms with Crippen LogP contribution in [0.1, 0.15) is 46.1 Å². The number of anilines is 1. The Balaban J connectivity index is 2.17. The van der Waals surface area contributed by atoms with E-state index in [0.29, 0.717) is 24.7 Å². The quantitative estimate of drug-likeness (QED) is 0.754. The highest BCUT2D eigenvalue weighted by atomic mass is 16.1. The Kier molecular flexibility index (Phi) is 3.47. The highest BCUT2D eigenvalue weighted by molar-refractivity contribution is 5.81. The normalized spacial score (nSPS) is 21.2. The second kappa shape index (κ2) is 4.75. The van der Waals surface area contributed by atoms with Gasteiger partial charge in [-0.15, -0.1) is 0 Å². The Morgan fingerprint density at radius 2 is 1.78 bits per heavy atom. The molecule has 0 aromatic heterocycles. The van der Waals surface area contributed by atoms with E-state index in [-0.39, 0.29) is 5.41 Å². The summed E-state index contributed by atoms with van der Waals surface area (Å²) in [7, 11) is 0. The smallest absolute Gasteiger partial charge is 0.136 e. The maximum atomic E-state index is 11.4. The van der Waals surface area contributed by atoms with Gasteiger partial charge in [-0.3, -0.25) is 4.79 Å². The van der Waals surface area contributed by atoms with Crippen molar-refractivity contribution in [3.8, 4) is 0 Å². The van der Waals surface area contributed by atoms with Gasteiger partial charge in [-0.25, -0.2) is 0 Å². The molecule has 0 radical (unpaired) electrons. The van der Waals surface area contributed by atoms with Gasteiger partial charge in [0.1, 0.15) is 5.78 Å². The molecule has 1 aliphatic rings. The molecule has 1 aromatic carbocycles. The van der Waals surface area contributed by atoms with Gasteiger partial charge in [0.2, 0.25) is 0 Å². The fourth-order valence-corrected chi connectivity index (χ4v) is 2.54. The van der Waals surface area contributed by atoms with E-state index < -0.39 is 0 Å². The summed E-state index contributed by atoms with van der Waals surface area (Å²) in [4.78, 5) is 13.8. The highest BCUT2D eigenvalue weighted by Gasteiger charge is 2.23. The van der Waals surface area contributed by atoms with E-state index in [1.54, 1.807) is 0 Å². The predicted molar refractivity (Wildman–Crippen MR) is 76.2 cm³/mol. The van der Waals surface area contributed by atoms with Gasteiger partial charge >= 0.3 is 0 Å². The molecule has 0 N–H and O–H groups in total. The van der Waals surface area contributed by atoms with Crippen LogP contribution in [0.3, 0.4) is 0 Å². The van der Waals surface area contributed by atoms with Crippen LogP contribution in [-0.4, -0.2) is 18.4 Å². The van der Waals surface area contributed by atoms with Crippen LogP contribution in [0.15, 0.2) is 24.3 Å². The number of hydrogen-bond acceptors (Lipinski definition) is 2. The number of nitrogens with zero attached hydrogens (tertiary/aromatic N) is 1. The Labute approximate surface area is 110 Å². The van der Waals surface area contributed by atoms with Crippen LogP contribution in [0.25, 0.3) is 0 Å². The molecule has 0 bridgehead atoms. The van der Waals surface area contributed by atoms with E-state index in [9.17, 15) is 4.79 Å². The molecule has 1 saturated heterocycles. The molecule has 1 atom stereocenters. The van der Waals surface area contributed by atoms with E-state index in [4.69, 9.17) is 0 Å². The van der Waals surface area contributed by atoms with Crippen molar-refractivity contribution in [2.75, 3.05) is 11.4 Å². The van der Waals surface area contributed by atoms with E-state index in [1.165, 1.54) is 11.3 Å². The van der Waals surface area contributed by atoms with E-state index in [2.05, 4.69) is 56.9 Å². The number of benzene rings is 1. The Bertz CT molecular complexity index is 427. The number of carbonyl (C=O) groups is 1. The lowest BCUT2D eigenvalue weighted by molar-refractivity contribution is -0.120. The summed E-state index contributed by atoms with van der Waals surface area (Å²) in [6.45, 7) is 9.67. The zero-order chi connectivity index (χ0) is 13.3.